The Morgan fingerprint density at radius 3 is 2.57 bits per heavy atom. The first kappa shape index (κ1) is 20.2. The first-order valence-electron chi connectivity index (χ1n) is 9.65. The Labute approximate surface area is 175 Å². The molecule has 0 unspecified atom stereocenters. The lowest BCUT2D eigenvalue weighted by Gasteiger charge is -2.09. The molecule has 2 heterocycles. The third kappa shape index (κ3) is 4.42. The van der Waals surface area contributed by atoms with E-state index in [0.717, 1.165) is 29.9 Å². The number of nitrogens with one attached hydrogen (secondary N) is 1. The van der Waals surface area contributed by atoms with Crippen molar-refractivity contribution in [3.63, 3.8) is 0 Å². The van der Waals surface area contributed by atoms with Gasteiger partial charge in [-0.15, -0.1) is 0 Å². The third-order valence-corrected chi connectivity index (χ3v) is 6.41. The van der Waals surface area contributed by atoms with Crippen LogP contribution in [0, 0.1) is 0 Å². The topological polar surface area (TPSA) is 103 Å². The number of carbonyl (C=O) groups is 1. The smallest absolute Gasteiger partial charge is 0.337 e. The number of benzene rings is 1. The fourth-order valence-electron chi connectivity index (χ4n) is 3.21. The molecule has 0 aliphatic heterocycles. The molecule has 0 spiro atoms. The number of esters is 1. The molecule has 0 amide bonds. The lowest BCUT2D eigenvalue weighted by Crippen LogP contribution is -2.28. The van der Waals surface area contributed by atoms with Gasteiger partial charge in [-0.1, -0.05) is 6.07 Å². The predicted octanol–water partition coefficient (Wildman–Crippen LogP) is 2.59. The zero-order valence-corrected chi connectivity index (χ0v) is 17.3. The fourth-order valence-corrected chi connectivity index (χ4v) is 4.24. The highest BCUT2D eigenvalue weighted by Gasteiger charge is 2.28. The number of ether oxygens (including phenoxy) is 1. The molecule has 1 N–H and O–H groups in total. The van der Waals surface area contributed by atoms with Gasteiger partial charge < -0.3 is 4.74 Å². The minimum Gasteiger partial charge on any atom is -0.465 e. The molecule has 3 aromatic rings. The van der Waals surface area contributed by atoms with E-state index in [1.54, 1.807) is 6.20 Å². The van der Waals surface area contributed by atoms with Crippen molar-refractivity contribution in [1.29, 1.82) is 0 Å². The van der Waals surface area contributed by atoms with Crippen LogP contribution < -0.4 is 4.72 Å². The van der Waals surface area contributed by atoms with Gasteiger partial charge in [0.1, 0.15) is 5.69 Å². The Bertz CT molecular complexity index is 1140. The van der Waals surface area contributed by atoms with Crippen molar-refractivity contribution < 1.29 is 17.9 Å². The predicted molar refractivity (Wildman–Crippen MR) is 110 cm³/mol. The summed E-state index contributed by atoms with van der Waals surface area (Å²) in [7, 11) is -2.42. The molecule has 1 fully saturated rings. The van der Waals surface area contributed by atoms with Gasteiger partial charge in [0.2, 0.25) is 10.0 Å². The van der Waals surface area contributed by atoms with Crippen LogP contribution in [-0.4, -0.2) is 42.8 Å². The van der Waals surface area contributed by atoms with Gasteiger partial charge in [-0.25, -0.2) is 17.9 Å². The molecular formula is C21H22N4O4S. The van der Waals surface area contributed by atoms with E-state index < -0.39 is 16.0 Å². The van der Waals surface area contributed by atoms with Gasteiger partial charge in [0, 0.05) is 24.4 Å². The number of sulfonamides is 1. The second-order valence-corrected chi connectivity index (χ2v) is 8.85. The van der Waals surface area contributed by atoms with Crippen LogP contribution in [0.4, 0.5) is 0 Å². The summed E-state index contributed by atoms with van der Waals surface area (Å²) < 4.78 is 34.2. The van der Waals surface area contributed by atoms with Crippen molar-refractivity contribution in [2.45, 2.75) is 30.2 Å². The Morgan fingerprint density at radius 2 is 1.93 bits per heavy atom. The third-order valence-electron chi connectivity index (χ3n) is 4.94. The molecule has 0 atom stereocenters. The SMILES string of the molecule is COC(=O)c1ccc(S(=O)(=O)NCCn2nc(-c3ccccn3)cc2C2CC2)cc1. The van der Waals surface area contributed by atoms with E-state index in [-0.39, 0.29) is 11.4 Å². The molecule has 8 nitrogen and oxygen atoms in total. The average Bonchev–Trinajstić information content (AvgIpc) is 3.53. The summed E-state index contributed by atoms with van der Waals surface area (Å²) in [5, 5.41) is 4.64. The maximum atomic E-state index is 12.6. The maximum absolute atomic E-state index is 12.6. The molecule has 4 rings (SSSR count). The molecule has 1 aliphatic rings. The zero-order valence-electron chi connectivity index (χ0n) is 16.5. The largest absolute Gasteiger partial charge is 0.465 e. The highest BCUT2D eigenvalue weighted by atomic mass is 32.2. The normalized spacial score (nSPS) is 13.9. The second-order valence-electron chi connectivity index (χ2n) is 7.08. The van der Waals surface area contributed by atoms with Crippen LogP contribution >= 0.6 is 0 Å². The number of hydrogen-bond acceptors (Lipinski definition) is 6. The number of hydrogen-bond donors (Lipinski definition) is 1. The zero-order chi connectivity index (χ0) is 21.1. The van der Waals surface area contributed by atoms with Crippen LogP contribution in [0.15, 0.2) is 59.6 Å². The van der Waals surface area contributed by atoms with Crippen molar-refractivity contribution >= 4 is 16.0 Å². The van der Waals surface area contributed by atoms with Gasteiger partial charge in [0.05, 0.1) is 29.8 Å². The van der Waals surface area contributed by atoms with Crippen LogP contribution in [0.2, 0.25) is 0 Å². The summed E-state index contributed by atoms with van der Waals surface area (Å²) in [6.45, 7) is 0.613. The summed E-state index contributed by atoms with van der Waals surface area (Å²) in [5.41, 5.74) is 2.99. The summed E-state index contributed by atoms with van der Waals surface area (Å²) in [6.07, 6.45) is 3.96. The Morgan fingerprint density at radius 1 is 1.17 bits per heavy atom. The molecule has 156 valence electrons. The van der Waals surface area contributed by atoms with Gasteiger partial charge in [0.15, 0.2) is 0 Å². The summed E-state index contributed by atoms with van der Waals surface area (Å²) in [5.74, 6) is -0.0423. The van der Waals surface area contributed by atoms with E-state index >= 15 is 0 Å². The van der Waals surface area contributed by atoms with Crippen LogP contribution in [-0.2, 0) is 21.3 Å². The molecular weight excluding hydrogens is 404 g/mol. The van der Waals surface area contributed by atoms with Crippen molar-refractivity contribution in [2.75, 3.05) is 13.7 Å². The van der Waals surface area contributed by atoms with Crippen LogP contribution in [0.5, 0.6) is 0 Å². The quantitative estimate of drug-likeness (QED) is 0.556. The van der Waals surface area contributed by atoms with Gasteiger partial charge in [-0.3, -0.25) is 9.67 Å². The minimum absolute atomic E-state index is 0.0900. The van der Waals surface area contributed by atoms with E-state index in [1.165, 1.54) is 31.4 Å². The van der Waals surface area contributed by atoms with Gasteiger partial charge >= 0.3 is 5.97 Å². The molecule has 0 radical (unpaired) electrons. The number of pyridine rings is 1. The lowest BCUT2D eigenvalue weighted by atomic mass is 10.2. The molecule has 2 aromatic heterocycles. The van der Waals surface area contributed by atoms with Crippen molar-refractivity contribution in [3.05, 3.63) is 66.0 Å². The maximum Gasteiger partial charge on any atom is 0.337 e. The van der Waals surface area contributed by atoms with Gasteiger partial charge in [-0.05, 0) is 55.3 Å². The van der Waals surface area contributed by atoms with Crippen LogP contribution in [0.1, 0.15) is 34.8 Å². The number of rotatable bonds is 8. The lowest BCUT2D eigenvalue weighted by molar-refractivity contribution is 0.0600. The van der Waals surface area contributed by atoms with E-state index in [9.17, 15) is 13.2 Å². The van der Waals surface area contributed by atoms with Gasteiger partial charge in [-0.2, -0.15) is 5.10 Å². The van der Waals surface area contributed by atoms with E-state index in [4.69, 9.17) is 0 Å². The Balaban J connectivity index is 1.44. The van der Waals surface area contributed by atoms with Crippen LogP contribution in [0.3, 0.4) is 0 Å². The van der Waals surface area contributed by atoms with Crippen LogP contribution in [0.25, 0.3) is 11.4 Å². The molecule has 1 aromatic carbocycles. The highest BCUT2D eigenvalue weighted by molar-refractivity contribution is 7.89. The standard InChI is InChI=1S/C21H22N4O4S/c1-29-21(26)16-7-9-17(10-8-16)30(27,28)23-12-13-25-20(15-5-6-15)14-19(24-25)18-4-2-3-11-22-18/h2-4,7-11,14-15,23H,5-6,12-13H2,1H3. The van der Waals surface area contributed by atoms with Crippen molar-refractivity contribution in [3.8, 4) is 11.4 Å². The summed E-state index contributed by atoms with van der Waals surface area (Å²) >= 11 is 0. The van der Waals surface area contributed by atoms with E-state index in [0.29, 0.717) is 18.0 Å². The highest BCUT2D eigenvalue weighted by Crippen LogP contribution is 2.41. The first-order chi connectivity index (χ1) is 14.5. The van der Waals surface area contributed by atoms with E-state index in [2.05, 4.69) is 19.5 Å². The van der Waals surface area contributed by atoms with Crippen molar-refractivity contribution in [2.24, 2.45) is 0 Å². The summed E-state index contributed by atoms with van der Waals surface area (Å²) in [4.78, 5) is 15.9. The number of aromatic nitrogens is 3. The molecule has 30 heavy (non-hydrogen) atoms. The Kier molecular flexibility index (Phi) is 5.65. The number of nitrogens with zero attached hydrogens (tertiary/aromatic N) is 3. The first-order valence-corrected chi connectivity index (χ1v) is 11.1. The number of carbonyl (C=O) groups excluding carboxylic acids is 1. The van der Waals surface area contributed by atoms with Crippen molar-refractivity contribution in [1.82, 2.24) is 19.5 Å². The monoisotopic (exact) mass is 426 g/mol. The fraction of sp³-hybridized carbons (Fsp3) is 0.286. The van der Waals surface area contributed by atoms with Gasteiger partial charge in [0.25, 0.3) is 0 Å². The Hall–Kier alpha value is -3.04. The summed E-state index contributed by atoms with van der Waals surface area (Å²) in [6, 6.07) is 13.3. The average molecular weight is 426 g/mol. The molecule has 9 heteroatoms. The molecule has 1 saturated carbocycles. The molecule has 1 aliphatic carbocycles. The molecule has 0 saturated heterocycles. The number of methoxy groups -OCH3 is 1. The minimum atomic E-state index is -3.70. The van der Waals surface area contributed by atoms with E-state index in [1.807, 2.05) is 28.9 Å². The molecule has 0 bridgehead atoms. The second kappa shape index (κ2) is 8.37.